The number of hydrogen-bond acceptors (Lipinski definition) is 6. The van der Waals surface area contributed by atoms with E-state index in [-0.39, 0.29) is 5.91 Å². The van der Waals surface area contributed by atoms with E-state index in [1.54, 1.807) is 23.9 Å². The van der Waals surface area contributed by atoms with Crippen LogP contribution in [-0.4, -0.2) is 32.6 Å². The third kappa shape index (κ3) is 3.61. The fourth-order valence-corrected chi connectivity index (χ4v) is 2.84. The van der Waals surface area contributed by atoms with Crippen molar-refractivity contribution in [2.75, 3.05) is 17.7 Å². The number of nitrogens with one attached hydrogen (secondary N) is 2. The summed E-state index contributed by atoms with van der Waals surface area (Å²) in [6, 6.07) is 15.1. The number of pyridine rings is 2. The molecule has 140 valence electrons. The van der Waals surface area contributed by atoms with Crippen LogP contribution in [0.15, 0.2) is 60.9 Å². The van der Waals surface area contributed by atoms with Crippen molar-refractivity contribution in [1.29, 1.82) is 0 Å². The average Bonchev–Trinajstić information content (AvgIpc) is 3.09. The number of amides is 1. The Morgan fingerprint density at radius 3 is 2.82 bits per heavy atom. The first-order chi connectivity index (χ1) is 13.6. The minimum absolute atomic E-state index is 0.107. The van der Waals surface area contributed by atoms with Crippen LogP contribution in [0.4, 0.5) is 17.5 Å². The standard InChI is InChI=1S/C20H18N6O2/c1-13(27)22-16-6-3-5-14(11-16)15-8-9-18-23-20(25-26(18)12-15)24-19-17(28-2)7-4-10-21-19/h3-12H,1-2H3,(H,22,27)(H,21,24,25). The fraction of sp³-hybridized carbons (Fsp3) is 0.100. The van der Waals surface area contributed by atoms with Gasteiger partial charge in [-0.25, -0.2) is 9.50 Å². The van der Waals surface area contributed by atoms with Crippen LogP contribution in [0, 0.1) is 0 Å². The summed E-state index contributed by atoms with van der Waals surface area (Å²) in [5, 5.41) is 10.3. The highest BCUT2D eigenvalue weighted by Crippen LogP contribution is 2.25. The van der Waals surface area contributed by atoms with Gasteiger partial charge in [-0.3, -0.25) is 4.79 Å². The molecular weight excluding hydrogens is 356 g/mol. The van der Waals surface area contributed by atoms with E-state index in [0.717, 1.165) is 16.8 Å². The van der Waals surface area contributed by atoms with Gasteiger partial charge in [0, 0.05) is 30.6 Å². The molecule has 0 aliphatic heterocycles. The minimum atomic E-state index is -0.107. The molecule has 0 atom stereocenters. The lowest BCUT2D eigenvalue weighted by atomic mass is 10.1. The number of hydrogen-bond donors (Lipinski definition) is 2. The topological polar surface area (TPSA) is 93.4 Å². The molecule has 4 aromatic rings. The maximum atomic E-state index is 11.3. The van der Waals surface area contributed by atoms with Crippen molar-refractivity contribution < 1.29 is 9.53 Å². The largest absolute Gasteiger partial charge is 0.493 e. The van der Waals surface area contributed by atoms with Crippen LogP contribution >= 0.6 is 0 Å². The highest BCUT2D eigenvalue weighted by molar-refractivity contribution is 5.89. The summed E-state index contributed by atoms with van der Waals surface area (Å²) < 4.78 is 6.98. The summed E-state index contributed by atoms with van der Waals surface area (Å²) in [5.41, 5.74) is 3.35. The van der Waals surface area contributed by atoms with Crippen LogP contribution in [0.25, 0.3) is 16.8 Å². The Labute approximate surface area is 161 Å². The van der Waals surface area contributed by atoms with Gasteiger partial charge in [0.15, 0.2) is 17.2 Å². The molecule has 28 heavy (non-hydrogen) atoms. The van der Waals surface area contributed by atoms with Crippen molar-refractivity contribution in [2.24, 2.45) is 0 Å². The Morgan fingerprint density at radius 1 is 1.11 bits per heavy atom. The number of methoxy groups -OCH3 is 1. The van der Waals surface area contributed by atoms with Crippen LogP contribution in [0.5, 0.6) is 5.75 Å². The van der Waals surface area contributed by atoms with Crippen molar-refractivity contribution in [3.8, 4) is 16.9 Å². The van der Waals surface area contributed by atoms with E-state index in [1.165, 1.54) is 6.92 Å². The van der Waals surface area contributed by atoms with Gasteiger partial charge in [-0.1, -0.05) is 12.1 Å². The fourth-order valence-electron chi connectivity index (χ4n) is 2.84. The SMILES string of the molecule is COc1cccnc1Nc1nc2ccc(-c3cccc(NC(C)=O)c3)cn2n1. The Balaban J connectivity index is 1.64. The van der Waals surface area contributed by atoms with E-state index in [4.69, 9.17) is 4.74 Å². The molecule has 1 amide bonds. The quantitative estimate of drug-likeness (QED) is 0.555. The number of ether oxygens (including phenoxy) is 1. The van der Waals surface area contributed by atoms with Gasteiger partial charge in [-0.2, -0.15) is 4.98 Å². The molecule has 1 aromatic carbocycles. The van der Waals surface area contributed by atoms with E-state index in [9.17, 15) is 4.79 Å². The van der Waals surface area contributed by atoms with Crippen molar-refractivity contribution in [2.45, 2.75) is 6.92 Å². The molecule has 0 aliphatic rings. The molecule has 0 fully saturated rings. The van der Waals surface area contributed by atoms with Gasteiger partial charge < -0.3 is 15.4 Å². The maximum Gasteiger partial charge on any atom is 0.248 e. The second-order valence-corrected chi connectivity index (χ2v) is 6.10. The number of rotatable bonds is 5. The molecule has 0 unspecified atom stereocenters. The molecule has 3 aromatic heterocycles. The molecule has 0 aliphatic carbocycles. The van der Waals surface area contributed by atoms with E-state index >= 15 is 0 Å². The Morgan fingerprint density at radius 2 is 2.00 bits per heavy atom. The van der Waals surface area contributed by atoms with Crippen molar-refractivity contribution in [3.05, 3.63) is 60.9 Å². The van der Waals surface area contributed by atoms with E-state index < -0.39 is 0 Å². The summed E-state index contributed by atoms with van der Waals surface area (Å²) in [7, 11) is 1.58. The molecule has 0 radical (unpaired) electrons. The number of fused-ring (bicyclic) bond motifs is 1. The van der Waals surface area contributed by atoms with Gasteiger partial charge in [-0.15, -0.1) is 5.10 Å². The lowest BCUT2D eigenvalue weighted by Gasteiger charge is -2.06. The average molecular weight is 374 g/mol. The van der Waals surface area contributed by atoms with E-state index in [1.807, 2.05) is 48.7 Å². The van der Waals surface area contributed by atoms with Crippen LogP contribution < -0.4 is 15.4 Å². The molecular formula is C20H18N6O2. The zero-order chi connectivity index (χ0) is 19.5. The second kappa shape index (κ2) is 7.36. The normalized spacial score (nSPS) is 10.6. The molecule has 8 nitrogen and oxygen atoms in total. The highest BCUT2D eigenvalue weighted by atomic mass is 16.5. The first-order valence-corrected chi connectivity index (χ1v) is 8.63. The lowest BCUT2D eigenvalue weighted by molar-refractivity contribution is -0.114. The number of carbonyl (C=O) groups is 1. The van der Waals surface area contributed by atoms with Crippen LogP contribution in [0.2, 0.25) is 0 Å². The summed E-state index contributed by atoms with van der Waals surface area (Å²) >= 11 is 0. The third-order valence-electron chi connectivity index (χ3n) is 4.07. The van der Waals surface area contributed by atoms with Gasteiger partial charge in [0.2, 0.25) is 11.9 Å². The smallest absolute Gasteiger partial charge is 0.248 e. The molecule has 2 N–H and O–H groups in total. The number of carbonyl (C=O) groups excluding carboxylic acids is 1. The Bertz CT molecular complexity index is 1150. The van der Waals surface area contributed by atoms with E-state index in [2.05, 4.69) is 25.7 Å². The zero-order valence-corrected chi connectivity index (χ0v) is 15.4. The summed E-state index contributed by atoms with van der Waals surface area (Å²) in [5.74, 6) is 1.46. The van der Waals surface area contributed by atoms with Crippen LogP contribution in [0.3, 0.4) is 0 Å². The minimum Gasteiger partial charge on any atom is -0.493 e. The van der Waals surface area contributed by atoms with Crippen LogP contribution in [-0.2, 0) is 4.79 Å². The van der Waals surface area contributed by atoms with Crippen molar-refractivity contribution in [3.63, 3.8) is 0 Å². The first kappa shape index (κ1) is 17.5. The van der Waals surface area contributed by atoms with E-state index in [0.29, 0.717) is 23.2 Å². The summed E-state index contributed by atoms with van der Waals surface area (Å²) in [6.07, 6.45) is 3.55. The molecule has 4 rings (SSSR count). The predicted molar refractivity (Wildman–Crippen MR) is 107 cm³/mol. The summed E-state index contributed by atoms with van der Waals surface area (Å²) in [4.78, 5) is 20.0. The van der Waals surface area contributed by atoms with Crippen LogP contribution in [0.1, 0.15) is 6.92 Å². The Kier molecular flexibility index (Phi) is 4.59. The first-order valence-electron chi connectivity index (χ1n) is 8.63. The molecule has 8 heteroatoms. The van der Waals surface area contributed by atoms with Gasteiger partial charge in [0.1, 0.15) is 0 Å². The molecule has 0 saturated heterocycles. The molecule has 0 spiro atoms. The maximum absolute atomic E-state index is 11.3. The molecule has 0 saturated carbocycles. The highest BCUT2D eigenvalue weighted by Gasteiger charge is 2.09. The van der Waals surface area contributed by atoms with Gasteiger partial charge in [0.25, 0.3) is 0 Å². The van der Waals surface area contributed by atoms with Gasteiger partial charge in [-0.05, 0) is 42.0 Å². The van der Waals surface area contributed by atoms with Gasteiger partial charge in [0.05, 0.1) is 7.11 Å². The number of nitrogens with zero attached hydrogens (tertiary/aromatic N) is 4. The monoisotopic (exact) mass is 374 g/mol. The summed E-state index contributed by atoms with van der Waals surface area (Å²) in [6.45, 7) is 1.49. The van der Waals surface area contributed by atoms with Gasteiger partial charge >= 0.3 is 0 Å². The number of aromatic nitrogens is 4. The van der Waals surface area contributed by atoms with Crippen molar-refractivity contribution >= 4 is 29.0 Å². The number of benzene rings is 1. The van der Waals surface area contributed by atoms with Crippen molar-refractivity contribution in [1.82, 2.24) is 19.6 Å². The second-order valence-electron chi connectivity index (χ2n) is 6.10. The lowest BCUT2D eigenvalue weighted by Crippen LogP contribution is -2.05. The predicted octanol–water partition coefficient (Wildman–Crippen LogP) is 3.50. The zero-order valence-electron chi connectivity index (χ0n) is 15.4. The molecule has 0 bridgehead atoms. The molecule has 3 heterocycles. The number of anilines is 3. The third-order valence-corrected chi connectivity index (χ3v) is 4.07. The Hall–Kier alpha value is -3.94.